The van der Waals surface area contributed by atoms with Gasteiger partial charge in [-0.05, 0) is 91.5 Å². The first-order valence-electron chi connectivity index (χ1n) is 18.0. The van der Waals surface area contributed by atoms with Crippen LogP contribution in [0, 0.1) is 0 Å². The van der Waals surface area contributed by atoms with Crippen molar-refractivity contribution in [1.82, 2.24) is 0 Å². The van der Waals surface area contributed by atoms with E-state index in [4.69, 9.17) is 8.83 Å². The van der Waals surface area contributed by atoms with E-state index in [1.807, 2.05) is 23.5 Å². The number of furan rings is 2. The molecule has 0 spiro atoms. The lowest BCUT2D eigenvalue weighted by Crippen LogP contribution is -1.91. The van der Waals surface area contributed by atoms with Gasteiger partial charge >= 0.3 is 0 Å². The molecule has 0 unspecified atom stereocenters. The van der Waals surface area contributed by atoms with E-state index in [0.29, 0.717) is 0 Å². The normalized spacial score (nSPS) is 12.2. The molecule has 2 nitrogen and oxygen atoms in total. The predicted octanol–water partition coefficient (Wildman–Crippen LogP) is 15.2. The molecule has 3 aromatic heterocycles. The maximum absolute atomic E-state index is 7.15. The van der Waals surface area contributed by atoms with E-state index >= 15 is 0 Å². The molecule has 0 atom stereocenters. The summed E-state index contributed by atoms with van der Waals surface area (Å²) in [5.41, 5.74) is 8.52. The third kappa shape index (κ3) is 4.14. The van der Waals surface area contributed by atoms with Crippen molar-refractivity contribution >= 4 is 96.7 Å². The topological polar surface area (TPSA) is 26.3 Å². The zero-order chi connectivity index (χ0) is 34.6. The summed E-state index contributed by atoms with van der Waals surface area (Å²) < 4.78 is 16.0. The van der Waals surface area contributed by atoms with Crippen LogP contribution in [0.1, 0.15) is 0 Å². The lowest BCUT2D eigenvalue weighted by molar-refractivity contribution is 0.634. The minimum atomic E-state index is 0.901. The Labute approximate surface area is 307 Å². The van der Waals surface area contributed by atoms with Crippen molar-refractivity contribution in [2.75, 3.05) is 0 Å². The van der Waals surface area contributed by atoms with Crippen LogP contribution in [0.25, 0.3) is 119 Å². The monoisotopic (exact) mass is 692 g/mol. The van der Waals surface area contributed by atoms with Crippen LogP contribution in [0.5, 0.6) is 0 Å². The number of fused-ring (bicyclic) bond motifs is 11. The Morgan fingerprint density at radius 2 is 0.981 bits per heavy atom. The van der Waals surface area contributed by atoms with Gasteiger partial charge in [0.05, 0.1) is 0 Å². The van der Waals surface area contributed by atoms with Gasteiger partial charge in [0, 0.05) is 47.5 Å². The van der Waals surface area contributed by atoms with Gasteiger partial charge in [-0.3, -0.25) is 0 Å². The molecule has 0 aliphatic heterocycles. The molecule has 12 aromatic rings. The van der Waals surface area contributed by atoms with E-state index in [2.05, 4.69) is 158 Å². The zero-order valence-corrected chi connectivity index (χ0v) is 29.2. The molecule has 0 radical (unpaired) electrons. The fourth-order valence-electron chi connectivity index (χ4n) is 8.77. The van der Waals surface area contributed by atoms with Crippen molar-refractivity contribution in [2.24, 2.45) is 0 Å². The highest BCUT2D eigenvalue weighted by molar-refractivity contribution is 7.26. The predicted molar refractivity (Wildman–Crippen MR) is 225 cm³/mol. The molecular weight excluding hydrogens is 665 g/mol. The van der Waals surface area contributed by atoms with Crippen molar-refractivity contribution in [2.45, 2.75) is 0 Å². The first-order valence-corrected chi connectivity index (χ1v) is 18.8. The van der Waals surface area contributed by atoms with E-state index < -0.39 is 0 Å². The van der Waals surface area contributed by atoms with E-state index in [0.717, 1.165) is 66.1 Å². The van der Waals surface area contributed by atoms with Crippen LogP contribution in [0.2, 0.25) is 0 Å². The molecular formula is C50H28O2S. The third-order valence-corrected chi connectivity index (χ3v) is 12.2. The third-order valence-electron chi connectivity index (χ3n) is 11.0. The summed E-state index contributed by atoms with van der Waals surface area (Å²) in [4.78, 5) is 0. The largest absolute Gasteiger partial charge is 0.456 e. The highest BCUT2D eigenvalue weighted by atomic mass is 32.1. The number of rotatable bonds is 3. The lowest BCUT2D eigenvalue weighted by atomic mass is 9.85. The number of para-hydroxylation sites is 1. The smallest absolute Gasteiger partial charge is 0.144 e. The fraction of sp³-hybridized carbons (Fsp3) is 0. The maximum atomic E-state index is 7.15. The molecule has 0 amide bonds. The van der Waals surface area contributed by atoms with Crippen molar-refractivity contribution in [3.63, 3.8) is 0 Å². The summed E-state index contributed by atoms with van der Waals surface area (Å²) in [5, 5.41) is 13.1. The number of hydrogen-bond acceptors (Lipinski definition) is 3. The van der Waals surface area contributed by atoms with Gasteiger partial charge < -0.3 is 8.83 Å². The van der Waals surface area contributed by atoms with Crippen molar-refractivity contribution in [1.29, 1.82) is 0 Å². The van der Waals surface area contributed by atoms with Gasteiger partial charge in [-0.25, -0.2) is 0 Å². The second kappa shape index (κ2) is 10.9. The second-order valence-electron chi connectivity index (χ2n) is 13.9. The van der Waals surface area contributed by atoms with Crippen LogP contribution in [0.15, 0.2) is 179 Å². The van der Waals surface area contributed by atoms with Crippen LogP contribution < -0.4 is 0 Å². The van der Waals surface area contributed by atoms with Crippen LogP contribution in [-0.2, 0) is 0 Å². The highest BCUT2D eigenvalue weighted by Gasteiger charge is 2.26. The second-order valence-corrected chi connectivity index (χ2v) is 15.0. The molecule has 3 heterocycles. The Morgan fingerprint density at radius 3 is 1.75 bits per heavy atom. The van der Waals surface area contributed by atoms with Gasteiger partial charge in [0.2, 0.25) is 0 Å². The van der Waals surface area contributed by atoms with Gasteiger partial charge in [-0.2, -0.15) is 0 Å². The van der Waals surface area contributed by atoms with Gasteiger partial charge in [-0.15, -0.1) is 11.3 Å². The van der Waals surface area contributed by atoms with Crippen molar-refractivity contribution < 1.29 is 8.83 Å². The molecule has 3 heteroatoms. The summed E-state index contributed by atoms with van der Waals surface area (Å²) in [6, 6.07) is 61.2. The Kier molecular flexibility index (Phi) is 5.96. The van der Waals surface area contributed by atoms with Crippen molar-refractivity contribution in [3.8, 4) is 33.6 Å². The summed E-state index contributed by atoms with van der Waals surface area (Å²) in [7, 11) is 0. The Balaban J connectivity index is 1.18. The SMILES string of the molecule is c1ccc(-c2c(-c3c4ccccc4c(-c4ccc5cc6c(cc5c4)oc4ccccc46)c4ccccc34)oc3ccc4sc5ccccc5c4c23)cc1. The van der Waals surface area contributed by atoms with Crippen LogP contribution >= 0.6 is 11.3 Å². The number of thiophene rings is 1. The molecule has 0 fully saturated rings. The highest BCUT2D eigenvalue weighted by Crippen LogP contribution is 2.52. The first kappa shape index (κ1) is 29.0. The molecule has 12 rings (SSSR count). The van der Waals surface area contributed by atoms with Gasteiger partial charge in [0.25, 0.3) is 0 Å². The zero-order valence-electron chi connectivity index (χ0n) is 28.4. The molecule has 0 bridgehead atoms. The minimum absolute atomic E-state index is 0.901. The van der Waals surface area contributed by atoms with E-state index in [-0.39, 0.29) is 0 Å². The average Bonchev–Trinajstić information content (AvgIpc) is 3.90. The molecule has 246 valence electrons. The molecule has 0 N–H and O–H groups in total. The average molecular weight is 693 g/mol. The summed E-state index contributed by atoms with van der Waals surface area (Å²) in [5.74, 6) is 0.902. The molecule has 53 heavy (non-hydrogen) atoms. The minimum Gasteiger partial charge on any atom is -0.456 e. The standard InChI is InChI=1S/C50H28O2S/c1-2-12-29(13-3-1)46-49-41(24-25-44-48(49)38-19-9-11-21-43(38)53-44)52-50(46)47-36-17-6-4-15-34(36)45(35-16-5-7-18-37(35)47)31-23-22-30-27-39-33-14-8-10-20-40(33)51-42(39)28-32(30)26-31/h1-28H. The number of benzene rings is 9. The Morgan fingerprint density at radius 1 is 0.321 bits per heavy atom. The maximum Gasteiger partial charge on any atom is 0.144 e. The van der Waals surface area contributed by atoms with Crippen LogP contribution in [-0.4, -0.2) is 0 Å². The number of hydrogen-bond donors (Lipinski definition) is 0. The fourth-order valence-corrected chi connectivity index (χ4v) is 9.88. The molecule has 0 saturated carbocycles. The summed E-state index contributed by atoms with van der Waals surface area (Å²) in [6.45, 7) is 0. The van der Waals surface area contributed by atoms with E-state index in [1.54, 1.807) is 0 Å². The Hall–Kier alpha value is -6.68. The van der Waals surface area contributed by atoms with Crippen LogP contribution in [0.3, 0.4) is 0 Å². The van der Waals surface area contributed by atoms with E-state index in [9.17, 15) is 0 Å². The summed E-state index contributed by atoms with van der Waals surface area (Å²) in [6.07, 6.45) is 0. The molecule has 9 aromatic carbocycles. The quantitative estimate of drug-likeness (QED) is 0.172. The van der Waals surface area contributed by atoms with Crippen molar-refractivity contribution in [3.05, 3.63) is 170 Å². The lowest BCUT2D eigenvalue weighted by Gasteiger charge is -2.17. The van der Waals surface area contributed by atoms with Gasteiger partial charge in [-0.1, -0.05) is 127 Å². The molecule has 0 aliphatic carbocycles. The molecule has 0 aliphatic rings. The van der Waals surface area contributed by atoms with E-state index in [1.165, 1.54) is 52.8 Å². The Bertz CT molecular complexity index is 3390. The van der Waals surface area contributed by atoms with Gasteiger partial charge in [0.1, 0.15) is 22.5 Å². The van der Waals surface area contributed by atoms with Gasteiger partial charge in [0.15, 0.2) is 0 Å². The molecule has 0 saturated heterocycles. The summed E-state index contributed by atoms with van der Waals surface area (Å²) >= 11 is 1.84. The van der Waals surface area contributed by atoms with Crippen LogP contribution in [0.4, 0.5) is 0 Å². The first-order chi connectivity index (χ1) is 26.3.